The van der Waals surface area contributed by atoms with Crippen LogP contribution in [0.2, 0.25) is 0 Å². The maximum Gasteiger partial charge on any atom is 0.227 e. The van der Waals surface area contributed by atoms with Crippen LogP contribution in [0, 0.1) is 0 Å². The zero-order valence-electron chi connectivity index (χ0n) is 17.2. The Labute approximate surface area is 165 Å². The molecular formula is C20H30N8. The number of anilines is 3. The first kappa shape index (κ1) is 19.9. The highest BCUT2D eigenvalue weighted by atomic mass is 15.2. The fourth-order valence-electron chi connectivity index (χ4n) is 3.08. The van der Waals surface area contributed by atoms with Crippen molar-refractivity contribution in [2.75, 3.05) is 17.6 Å². The number of aromatic amines is 1. The smallest absolute Gasteiger partial charge is 0.227 e. The largest absolute Gasteiger partial charge is 0.399 e. The zero-order chi connectivity index (χ0) is 20.4. The molecule has 2 aromatic heterocycles. The Morgan fingerprint density at radius 1 is 1.14 bits per heavy atom. The predicted molar refractivity (Wildman–Crippen MR) is 115 cm³/mol. The molecule has 1 atom stereocenters. The van der Waals surface area contributed by atoms with Crippen LogP contribution in [0.15, 0.2) is 29.3 Å². The van der Waals surface area contributed by atoms with Crippen molar-refractivity contribution < 1.29 is 0 Å². The maximum atomic E-state index is 5.94. The van der Waals surface area contributed by atoms with Gasteiger partial charge in [-0.05, 0) is 51.0 Å². The van der Waals surface area contributed by atoms with Crippen LogP contribution in [0.4, 0.5) is 17.2 Å². The quantitative estimate of drug-likeness (QED) is 0.488. The second kappa shape index (κ2) is 8.02. The molecule has 150 valence electrons. The monoisotopic (exact) mass is 382 g/mol. The lowest BCUT2D eigenvalue weighted by Gasteiger charge is -2.17. The van der Waals surface area contributed by atoms with E-state index in [1.54, 1.807) is 0 Å². The standard InChI is InChI=1S/C20H30N8/c1-11(2)16-18-17(27-26-16)19(24-15-8-6-14(22)7-9-15)25-20(23-10-13(5)21)28(18)12(3)4/h6-9,11-13H,10,21-22H2,1-5H3,(H,26,27)(H,23,24,25). The van der Waals surface area contributed by atoms with Crippen molar-refractivity contribution in [2.24, 2.45) is 10.7 Å². The van der Waals surface area contributed by atoms with E-state index in [1.165, 1.54) is 0 Å². The van der Waals surface area contributed by atoms with Crippen LogP contribution in [0.5, 0.6) is 0 Å². The average Bonchev–Trinajstić information content (AvgIpc) is 3.06. The third kappa shape index (κ3) is 4.01. The lowest BCUT2D eigenvalue weighted by Crippen LogP contribution is -2.30. The summed E-state index contributed by atoms with van der Waals surface area (Å²) in [5.74, 6) is 0.936. The maximum absolute atomic E-state index is 5.94. The normalized spacial score (nSPS) is 13.6. The van der Waals surface area contributed by atoms with E-state index in [9.17, 15) is 0 Å². The summed E-state index contributed by atoms with van der Waals surface area (Å²) < 4.78 is 2.13. The van der Waals surface area contributed by atoms with E-state index in [0.717, 1.165) is 22.4 Å². The van der Waals surface area contributed by atoms with E-state index in [1.807, 2.05) is 31.2 Å². The molecular weight excluding hydrogens is 352 g/mol. The number of H-pyrrole nitrogens is 1. The van der Waals surface area contributed by atoms with Crippen LogP contribution >= 0.6 is 0 Å². The van der Waals surface area contributed by atoms with Gasteiger partial charge in [0.25, 0.3) is 0 Å². The van der Waals surface area contributed by atoms with Crippen molar-refractivity contribution >= 4 is 28.2 Å². The number of benzene rings is 1. The van der Waals surface area contributed by atoms with Gasteiger partial charge in [-0.15, -0.1) is 0 Å². The van der Waals surface area contributed by atoms with Crippen molar-refractivity contribution in [3.8, 4) is 0 Å². The second-order valence-corrected chi connectivity index (χ2v) is 7.78. The number of nitrogens with zero attached hydrogens (tertiary/aromatic N) is 4. The molecule has 28 heavy (non-hydrogen) atoms. The molecule has 0 fully saturated rings. The Hall–Kier alpha value is -2.87. The van der Waals surface area contributed by atoms with Gasteiger partial charge in [-0.25, -0.2) is 4.99 Å². The van der Waals surface area contributed by atoms with E-state index in [4.69, 9.17) is 21.4 Å². The van der Waals surface area contributed by atoms with Crippen molar-refractivity contribution in [1.29, 1.82) is 0 Å². The molecule has 0 aliphatic heterocycles. The Balaban J connectivity index is 2.27. The number of nitrogens with two attached hydrogens (primary N) is 2. The Bertz CT molecular complexity index is 1010. The minimum Gasteiger partial charge on any atom is -0.399 e. The summed E-state index contributed by atoms with van der Waals surface area (Å²) in [6.45, 7) is 11.0. The zero-order valence-corrected chi connectivity index (χ0v) is 17.2. The summed E-state index contributed by atoms with van der Waals surface area (Å²) in [4.78, 5) is 9.50. The van der Waals surface area contributed by atoms with Gasteiger partial charge in [0.1, 0.15) is 0 Å². The third-order valence-electron chi connectivity index (χ3n) is 4.45. The van der Waals surface area contributed by atoms with Gasteiger partial charge in [-0.1, -0.05) is 13.8 Å². The predicted octanol–water partition coefficient (Wildman–Crippen LogP) is 3.04. The highest BCUT2D eigenvalue weighted by Gasteiger charge is 2.20. The first-order valence-electron chi connectivity index (χ1n) is 9.67. The molecule has 0 amide bonds. The van der Waals surface area contributed by atoms with Crippen molar-refractivity contribution in [1.82, 2.24) is 19.7 Å². The average molecular weight is 383 g/mol. The molecule has 6 N–H and O–H groups in total. The van der Waals surface area contributed by atoms with E-state index < -0.39 is 0 Å². The van der Waals surface area contributed by atoms with E-state index in [0.29, 0.717) is 23.7 Å². The fraction of sp³-hybridized carbons (Fsp3) is 0.450. The van der Waals surface area contributed by atoms with Crippen molar-refractivity contribution in [3.05, 3.63) is 35.6 Å². The molecule has 1 unspecified atom stereocenters. The van der Waals surface area contributed by atoms with Crippen LogP contribution in [0.1, 0.15) is 52.3 Å². The molecule has 0 saturated heterocycles. The van der Waals surface area contributed by atoms with Gasteiger partial charge < -0.3 is 21.4 Å². The van der Waals surface area contributed by atoms with Gasteiger partial charge in [0.15, 0.2) is 11.3 Å². The molecule has 3 aromatic rings. The van der Waals surface area contributed by atoms with Gasteiger partial charge >= 0.3 is 0 Å². The number of nitrogen functional groups attached to an aromatic ring is 1. The summed E-state index contributed by atoms with van der Waals surface area (Å²) in [6.07, 6.45) is 0. The molecule has 1 aromatic carbocycles. The highest BCUT2D eigenvalue weighted by Crippen LogP contribution is 2.29. The lowest BCUT2D eigenvalue weighted by atomic mass is 10.1. The number of hydrogen-bond donors (Lipinski definition) is 4. The van der Waals surface area contributed by atoms with E-state index in [2.05, 4.69) is 47.8 Å². The molecule has 0 spiro atoms. The van der Waals surface area contributed by atoms with E-state index >= 15 is 0 Å². The first-order valence-corrected chi connectivity index (χ1v) is 9.67. The van der Waals surface area contributed by atoms with Gasteiger partial charge in [0.2, 0.25) is 5.62 Å². The summed E-state index contributed by atoms with van der Waals surface area (Å²) >= 11 is 0. The minimum absolute atomic E-state index is 0.0412. The van der Waals surface area contributed by atoms with Crippen molar-refractivity contribution in [2.45, 2.75) is 52.6 Å². The van der Waals surface area contributed by atoms with Gasteiger partial charge in [0, 0.05) is 23.5 Å². The number of hydrogen-bond acceptors (Lipinski definition) is 6. The van der Waals surface area contributed by atoms with Crippen LogP contribution < -0.4 is 22.4 Å². The fourth-order valence-corrected chi connectivity index (χ4v) is 3.08. The molecule has 0 saturated carbocycles. The van der Waals surface area contributed by atoms with Crippen LogP contribution in [-0.2, 0) is 0 Å². The molecule has 0 bridgehead atoms. The van der Waals surface area contributed by atoms with Crippen molar-refractivity contribution in [3.63, 3.8) is 0 Å². The molecule has 0 aliphatic carbocycles. The van der Waals surface area contributed by atoms with Gasteiger partial charge in [0.05, 0.1) is 17.8 Å². The molecule has 0 aliphatic rings. The Morgan fingerprint density at radius 2 is 1.82 bits per heavy atom. The van der Waals surface area contributed by atoms with E-state index in [-0.39, 0.29) is 18.0 Å². The van der Waals surface area contributed by atoms with Crippen LogP contribution in [0.3, 0.4) is 0 Å². The molecule has 0 radical (unpaired) electrons. The summed E-state index contributed by atoms with van der Waals surface area (Å²) in [5.41, 5.74) is 16.8. The molecule has 2 heterocycles. The Morgan fingerprint density at radius 3 is 2.39 bits per heavy atom. The number of aromatic nitrogens is 4. The van der Waals surface area contributed by atoms with Gasteiger partial charge in [-0.2, -0.15) is 10.1 Å². The number of rotatable bonds is 6. The third-order valence-corrected chi connectivity index (χ3v) is 4.45. The SMILES string of the molecule is CC(N)CN=c1nc(Nc2ccc(N)cc2)c2n[nH]c(C(C)C)c2n1C(C)C. The summed E-state index contributed by atoms with van der Waals surface area (Å²) in [5, 5.41) is 11.1. The Kier molecular flexibility index (Phi) is 5.69. The van der Waals surface area contributed by atoms with Gasteiger partial charge in [-0.3, -0.25) is 5.10 Å². The summed E-state index contributed by atoms with van der Waals surface area (Å²) in [7, 11) is 0. The molecule has 8 heteroatoms. The van der Waals surface area contributed by atoms with Crippen LogP contribution in [-0.4, -0.2) is 32.3 Å². The second-order valence-electron chi connectivity index (χ2n) is 7.78. The number of nitrogens with one attached hydrogen (secondary N) is 2. The minimum atomic E-state index is -0.0412. The highest BCUT2D eigenvalue weighted by molar-refractivity contribution is 5.89. The topological polar surface area (TPSA) is 123 Å². The van der Waals surface area contributed by atoms with Crippen LogP contribution in [0.25, 0.3) is 11.0 Å². The molecule has 8 nitrogen and oxygen atoms in total. The lowest BCUT2D eigenvalue weighted by molar-refractivity contribution is 0.564. The first-order chi connectivity index (χ1) is 13.3. The molecule has 3 rings (SSSR count). The number of fused-ring (bicyclic) bond motifs is 1. The summed E-state index contributed by atoms with van der Waals surface area (Å²) in [6, 6.07) is 7.66.